The number of carbonyl (C=O) groups is 1. The van der Waals surface area contributed by atoms with Crippen LogP contribution in [-0.2, 0) is 0 Å². The number of ether oxygens (including phenoxy) is 1. The lowest BCUT2D eigenvalue weighted by Gasteiger charge is -2.34. The topological polar surface area (TPSA) is 93.5 Å². The molecule has 1 amide bonds. The van der Waals surface area contributed by atoms with Crippen molar-refractivity contribution in [2.24, 2.45) is 5.41 Å². The van der Waals surface area contributed by atoms with Gasteiger partial charge in [0.25, 0.3) is 11.6 Å². The number of nitro benzene ring substituents is 1. The number of rotatable bonds is 6. The molecule has 0 spiro atoms. The van der Waals surface area contributed by atoms with Crippen molar-refractivity contribution in [1.82, 2.24) is 10.6 Å². The Labute approximate surface area is 170 Å². The number of nitrogens with zero attached hydrogens (tertiary/aromatic N) is 1. The van der Waals surface area contributed by atoms with Gasteiger partial charge in [0.1, 0.15) is 11.5 Å². The molecule has 0 aliphatic carbocycles. The second-order valence-corrected chi connectivity index (χ2v) is 7.10. The number of carbonyl (C=O) groups excluding carboxylic acids is 1. The molecule has 3 rings (SSSR count). The molecule has 0 saturated carbocycles. The van der Waals surface area contributed by atoms with Crippen LogP contribution in [-0.4, -0.2) is 30.5 Å². The lowest BCUT2D eigenvalue weighted by atomic mass is 9.81. The van der Waals surface area contributed by atoms with E-state index in [2.05, 4.69) is 17.6 Å². The highest BCUT2D eigenvalue weighted by Gasteiger charge is 2.28. The number of nitrogens with one attached hydrogen (secondary N) is 2. The first-order valence-electron chi connectivity index (χ1n) is 8.97. The third-order valence-corrected chi connectivity index (χ3v) is 4.88. The van der Waals surface area contributed by atoms with Crippen LogP contribution >= 0.6 is 12.4 Å². The summed E-state index contributed by atoms with van der Waals surface area (Å²) in [5.41, 5.74) is 0.0291. The Morgan fingerprint density at radius 2 is 1.89 bits per heavy atom. The average Bonchev–Trinajstić information content (AvgIpc) is 2.68. The molecule has 0 unspecified atom stereocenters. The van der Waals surface area contributed by atoms with E-state index in [1.807, 2.05) is 18.2 Å². The number of amides is 1. The Kier molecular flexibility index (Phi) is 7.37. The number of hydrogen-bond donors (Lipinski definition) is 2. The monoisotopic (exact) mass is 405 g/mol. The minimum absolute atomic E-state index is 0. The van der Waals surface area contributed by atoms with Gasteiger partial charge in [-0.25, -0.2) is 0 Å². The Balaban J connectivity index is 0.00000280. The van der Waals surface area contributed by atoms with Gasteiger partial charge < -0.3 is 15.4 Å². The highest BCUT2D eigenvalue weighted by molar-refractivity contribution is 5.97. The molecule has 2 aromatic rings. The summed E-state index contributed by atoms with van der Waals surface area (Å²) in [4.78, 5) is 23.4. The summed E-state index contributed by atoms with van der Waals surface area (Å²) in [7, 11) is 0. The fourth-order valence-corrected chi connectivity index (χ4v) is 3.11. The summed E-state index contributed by atoms with van der Waals surface area (Å²) in [6.45, 7) is 4.50. The Morgan fingerprint density at radius 1 is 1.21 bits per heavy atom. The molecule has 8 heteroatoms. The predicted octanol–water partition coefficient (Wildman–Crippen LogP) is 3.93. The quantitative estimate of drug-likeness (QED) is 0.561. The SMILES string of the molecule is CC1(CNC(=O)c2cc([N+](=O)[O-])ccc2Oc2ccccc2)CCNCC1.Cl. The standard InChI is InChI=1S/C20H23N3O4.ClH/c1-20(9-11-21-12-10-20)14-22-19(24)17-13-15(23(25)26)7-8-18(17)27-16-5-3-2-4-6-16;/h2-8,13,21H,9-12,14H2,1H3,(H,22,24);1H. The fraction of sp³-hybridized carbons (Fsp3) is 0.350. The molecule has 0 bridgehead atoms. The van der Waals surface area contributed by atoms with Crippen LogP contribution in [0.1, 0.15) is 30.1 Å². The van der Waals surface area contributed by atoms with Crippen LogP contribution in [0.3, 0.4) is 0 Å². The molecule has 2 aromatic carbocycles. The molecule has 1 saturated heterocycles. The Bertz CT molecular complexity index is 823. The normalized spacial score (nSPS) is 15.2. The van der Waals surface area contributed by atoms with Crippen LogP contribution in [0.25, 0.3) is 0 Å². The maximum absolute atomic E-state index is 12.8. The van der Waals surface area contributed by atoms with Crippen LogP contribution in [0, 0.1) is 15.5 Å². The second-order valence-electron chi connectivity index (χ2n) is 7.10. The summed E-state index contributed by atoms with van der Waals surface area (Å²) in [6, 6.07) is 13.1. The summed E-state index contributed by atoms with van der Waals surface area (Å²) in [5, 5.41) is 17.4. The van der Waals surface area contributed by atoms with E-state index in [0.717, 1.165) is 25.9 Å². The van der Waals surface area contributed by atoms with Crippen LogP contribution in [0.15, 0.2) is 48.5 Å². The number of para-hydroxylation sites is 1. The smallest absolute Gasteiger partial charge is 0.270 e. The Morgan fingerprint density at radius 3 is 2.54 bits per heavy atom. The van der Waals surface area contributed by atoms with E-state index >= 15 is 0 Å². The van der Waals surface area contributed by atoms with Gasteiger partial charge in [-0.2, -0.15) is 0 Å². The molecule has 2 N–H and O–H groups in total. The summed E-state index contributed by atoms with van der Waals surface area (Å²) in [6.07, 6.45) is 1.94. The molecule has 1 aliphatic heterocycles. The first kappa shape index (κ1) is 21.7. The first-order chi connectivity index (χ1) is 13.0. The molecule has 0 atom stereocenters. The van der Waals surface area contributed by atoms with Crippen molar-refractivity contribution in [3.63, 3.8) is 0 Å². The van der Waals surface area contributed by atoms with Crippen molar-refractivity contribution in [3.05, 3.63) is 64.2 Å². The first-order valence-corrected chi connectivity index (χ1v) is 8.97. The number of piperidine rings is 1. The minimum atomic E-state index is -0.517. The average molecular weight is 406 g/mol. The van der Waals surface area contributed by atoms with Gasteiger partial charge in [0.15, 0.2) is 0 Å². The molecule has 1 heterocycles. The van der Waals surface area contributed by atoms with E-state index in [4.69, 9.17) is 4.74 Å². The van der Waals surface area contributed by atoms with Gasteiger partial charge in [0.2, 0.25) is 0 Å². The number of nitro groups is 1. The zero-order valence-corrected chi connectivity index (χ0v) is 16.5. The molecule has 1 fully saturated rings. The van der Waals surface area contributed by atoms with E-state index in [1.165, 1.54) is 18.2 Å². The van der Waals surface area contributed by atoms with Crippen molar-refractivity contribution in [3.8, 4) is 11.5 Å². The van der Waals surface area contributed by atoms with Crippen LogP contribution in [0.2, 0.25) is 0 Å². The van der Waals surface area contributed by atoms with Gasteiger partial charge in [0, 0.05) is 18.7 Å². The number of benzene rings is 2. The molecular weight excluding hydrogens is 382 g/mol. The molecule has 1 aliphatic rings. The van der Waals surface area contributed by atoms with Gasteiger partial charge >= 0.3 is 0 Å². The third kappa shape index (κ3) is 5.43. The minimum Gasteiger partial charge on any atom is -0.457 e. The van der Waals surface area contributed by atoms with E-state index in [0.29, 0.717) is 18.0 Å². The second kappa shape index (κ2) is 9.52. The van der Waals surface area contributed by atoms with Crippen molar-refractivity contribution in [2.45, 2.75) is 19.8 Å². The van der Waals surface area contributed by atoms with E-state index in [-0.39, 0.29) is 35.0 Å². The van der Waals surface area contributed by atoms with Crippen molar-refractivity contribution < 1.29 is 14.5 Å². The molecule has 7 nitrogen and oxygen atoms in total. The van der Waals surface area contributed by atoms with Crippen LogP contribution < -0.4 is 15.4 Å². The van der Waals surface area contributed by atoms with Crippen molar-refractivity contribution in [2.75, 3.05) is 19.6 Å². The fourth-order valence-electron chi connectivity index (χ4n) is 3.11. The number of halogens is 1. The molecule has 150 valence electrons. The van der Waals surface area contributed by atoms with Crippen molar-refractivity contribution >= 4 is 24.0 Å². The highest BCUT2D eigenvalue weighted by atomic mass is 35.5. The van der Waals surface area contributed by atoms with Gasteiger partial charge in [-0.1, -0.05) is 25.1 Å². The largest absolute Gasteiger partial charge is 0.457 e. The molecule has 28 heavy (non-hydrogen) atoms. The van der Waals surface area contributed by atoms with Crippen LogP contribution in [0.4, 0.5) is 5.69 Å². The van der Waals surface area contributed by atoms with E-state index < -0.39 is 4.92 Å². The maximum Gasteiger partial charge on any atom is 0.270 e. The maximum atomic E-state index is 12.8. The van der Waals surface area contributed by atoms with Gasteiger partial charge in [0.05, 0.1) is 10.5 Å². The Hall–Kier alpha value is -2.64. The number of hydrogen-bond acceptors (Lipinski definition) is 5. The van der Waals surface area contributed by atoms with E-state index in [1.54, 1.807) is 12.1 Å². The van der Waals surface area contributed by atoms with Crippen LogP contribution in [0.5, 0.6) is 11.5 Å². The third-order valence-electron chi connectivity index (χ3n) is 4.88. The number of non-ortho nitro benzene ring substituents is 1. The summed E-state index contributed by atoms with van der Waals surface area (Å²) < 4.78 is 5.79. The van der Waals surface area contributed by atoms with Gasteiger partial charge in [-0.05, 0) is 49.5 Å². The highest BCUT2D eigenvalue weighted by Crippen LogP contribution is 2.30. The lowest BCUT2D eigenvalue weighted by Crippen LogP contribution is -2.42. The summed E-state index contributed by atoms with van der Waals surface area (Å²) >= 11 is 0. The lowest BCUT2D eigenvalue weighted by molar-refractivity contribution is -0.384. The van der Waals surface area contributed by atoms with Crippen molar-refractivity contribution in [1.29, 1.82) is 0 Å². The molecule has 0 aromatic heterocycles. The van der Waals surface area contributed by atoms with Gasteiger partial charge in [-0.15, -0.1) is 12.4 Å². The van der Waals surface area contributed by atoms with E-state index in [9.17, 15) is 14.9 Å². The molecular formula is C20H24ClN3O4. The zero-order chi connectivity index (χ0) is 19.3. The zero-order valence-electron chi connectivity index (χ0n) is 15.6. The van der Waals surface area contributed by atoms with Gasteiger partial charge in [-0.3, -0.25) is 14.9 Å². The predicted molar refractivity (Wildman–Crippen MR) is 109 cm³/mol. The summed E-state index contributed by atoms with van der Waals surface area (Å²) in [5.74, 6) is 0.481. The molecule has 0 radical (unpaired) electrons.